The van der Waals surface area contributed by atoms with Crippen LogP contribution in [0.5, 0.6) is 0 Å². The zero-order valence-electron chi connectivity index (χ0n) is 8.28. The van der Waals surface area contributed by atoms with Gasteiger partial charge in [-0.05, 0) is 33.2 Å². The van der Waals surface area contributed by atoms with Crippen molar-refractivity contribution in [3.63, 3.8) is 0 Å². The van der Waals surface area contributed by atoms with Crippen molar-refractivity contribution in [3.05, 3.63) is 0 Å². The summed E-state index contributed by atoms with van der Waals surface area (Å²) in [6.07, 6.45) is 3.20. The summed E-state index contributed by atoms with van der Waals surface area (Å²) in [5.41, 5.74) is 0. The molecule has 2 N–H and O–H groups in total. The Kier molecular flexibility index (Phi) is 6.57. The molecule has 0 amide bonds. The fourth-order valence-corrected chi connectivity index (χ4v) is 1.23. The predicted molar refractivity (Wildman–Crippen MR) is 50.6 cm³/mol. The highest BCUT2D eigenvalue weighted by Gasteiger charge is 2.12. The molecule has 1 unspecified atom stereocenters. The molecule has 1 rings (SSSR count). The van der Waals surface area contributed by atoms with Crippen molar-refractivity contribution in [3.8, 4) is 0 Å². The normalized spacial score (nSPS) is 23.2. The van der Waals surface area contributed by atoms with Crippen LogP contribution in [0.3, 0.4) is 0 Å². The van der Waals surface area contributed by atoms with E-state index in [1.165, 1.54) is 19.4 Å². The van der Waals surface area contributed by atoms with Crippen molar-refractivity contribution in [1.82, 2.24) is 10.6 Å². The van der Waals surface area contributed by atoms with E-state index in [-0.39, 0.29) is 0 Å². The van der Waals surface area contributed by atoms with Crippen molar-refractivity contribution in [1.29, 1.82) is 0 Å². The van der Waals surface area contributed by atoms with Gasteiger partial charge in [0, 0.05) is 6.04 Å². The van der Waals surface area contributed by atoms with Crippen LogP contribution in [-0.2, 0) is 0 Å². The molecule has 0 aromatic heterocycles. The minimum absolute atomic E-state index is 0.588. The number of hydrogen-bond acceptors (Lipinski definition) is 2. The van der Waals surface area contributed by atoms with E-state index in [1.807, 2.05) is 13.8 Å². The SMILES string of the molecule is CC.CC(C)NC1CCCN1. The summed E-state index contributed by atoms with van der Waals surface area (Å²) in [7, 11) is 0. The molecular weight excluding hydrogens is 136 g/mol. The molecule has 0 spiro atoms. The first-order chi connectivity index (χ1) is 5.29. The van der Waals surface area contributed by atoms with Crippen LogP contribution in [0.4, 0.5) is 0 Å². The molecule has 1 saturated heterocycles. The average molecular weight is 158 g/mol. The molecule has 68 valence electrons. The zero-order valence-corrected chi connectivity index (χ0v) is 8.28. The van der Waals surface area contributed by atoms with Gasteiger partial charge in [-0.15, -0.1) is 0 Å². The van der Waals surface area contributed by atoms with Crippen molar-refractivity contribution in [2.24, 2.45) is 0 Å². The van der Waals surface area contributed by atoms with E-state index in [0.29, 0.717) is 12.2 Å². The molecule has 0 bridgehead atoms. The second-order valence-corrected chi connectivity index (χ2v) is 2.97. The van der Waals surface area contributed by atoms with Gasteiger partial charge in [-0.3, -0.25) is 5.32 Å². The van der Waals surface area contributed by atoms with Crippen LogP contribution in [0, 0.1) is 0 Å². The molecule has 1 heterocycles. The minimum Gasteiger partial charge on any atom is -0.302 e. The summed E-state index contributed by atoms with van der Waals surface area (Å²) in [4.78, 5) is 0. The Labute approximate surface area is 70.8 Å². The Morgan fingerprint density at radius 3 is 2.36 bits per heavy atom. The quantitative estimate of drug-likeness (QED) is 0.639. The van der Waals surface area contributed by atoms with E-state index in [1.54, 1.807) is 0 Å². The van der Waals surface area contributed by atoms with Crippen molar-refractivity contribution in [2.75, 3.05) is 6.54 Å². The number of rotatable bonds is 2. The van der Waals surface area contributed by atoms with Gasteiger partial charge in [-0.1, -0.05) is 13.8 Å². The fraction of sp³-hybridized carbons (Fsp3) is 1.00. The summed E-state index contributed by atoms with van der Waals surface area (Å²) in [6, 6.07) is 0.612. The maximum atomic E-state index is 3.43. The summed E-state index contributed by atoms with van der Waals surface area (Å²) < 4.78 is 0. The average Bonchev–Trinajstić information content (AvgIpc) is 2.43. The van der Waals surface area contributed by atoms with Gasteiger partial charge in [0.1, 0.15) is 0 Å². The van der Waals surface area contributed by atoms with Crippen molar-refractivity contribution < 1.29 is 0 Å². The van der Waals surface area contributed by atoms with Gasteiger partial charge in [0.2, 0.25) is 0 Å². The first kappa shape index (κ1) is 10.9. The van der Waals surface area contributed by atoms with E-state index in [4.69, 9.17) is 0 Å². The third kappa shape index (κ3) is 5.22. The minimum atomic E-state index is 0.588. The van der Waals surface area contributed by atoms with Gasteiger partial charge in [0.05, 0.1) is 6.17 Å². The Hall–Kier alpha value is -0.0800. The van der Waals surface area contributed by atoms with Crippen LogP contribution in [0.2, 0.25) is 0 Å². The first-order valence-electron chi connectivity index (χ1n) is 4.78. The van der Waals surface area contributed by atoms with Crippen LogP contribution in [0.25, 0.3) is 0 Å². The van der Waals surface area contributed by atoms with Crippen LogP contribution in [-0.4, -0.2) is 18.8 Å². The second-order valence-electron chi connectivity index (χ2n) is 2.97. The smallest absolute Gasteiger partial charge is 0.0574 e. The van der Waals surface area contributed by atoms with E-state index in [9.17, 15) is 0 Å². The molecule has 1 atom stereocenters. The first-order valence-corrected chi connectivity index (χ1v) is 4.78. The van der Waals surface area contributed by atoms with E-state index in [0.717, 1.165) is 0 Å². The van der Waals surface area contributed by atoms with Gasteiger partial charge in [0.15, 0.2) is 0 Å². The van der Waals surface area contributed by atoms with Crippen molar-refractivity contribution >= 4 is 0 Å². The molecule has 2 heteroatoms. The topological polar surface area (TPSA) is 24.1 Å². The molecule has 1 aliphatic heterocycles. The second kappa shape index (κ2) is 6.62. The molecule has 11 heavy (non-hydrogen) atoms. The third-order valence-corrected chi connectivity index (χ3v) is 1.59. The van der Waals surface area contributed by atoms with Gasteiger partial charge >= 0.3 is 0 Å². The molecule has 0 radical (unpaired) electrons. The monoisotopic (exact) mass is 158 g/mol. The lowest BCUT2D eigenvalue weighted by atomic mass is 10.3. The number of nitrogens with one attached hydrogen (secondary N) is 2. The molecule has 1 fully saturated rings. The molecule has 0 saturated carbocycles. The highest BCUT2D eigenvalue weighted by molar-refractivity contribution is 4.73. The third-order valence-electron chi connectivity index (χ3n) is 1.59. The lowest BCUT2D eigenvalue weighted by Gasteiger charge is -2.15. The van der Waals surface area contributed by atoms with Gasteiger partial charge < -0.3 is 5.32 Å². The van der Waals surface area contributed by atoms with Gasteiger partial charge in [-0.2, -0.15) is 0 Å². The molecule has 0 aliphatic carbocycles. The van der Waals surface area contributed by atoms with E-state index >= 15 is 0 Å². The van der Waals surface area contributed by atoms with Crippen LogP contribution >= 0.6 is 0 Å². The maximum absolute atomic E-state index is 3.43. The van der Waals surface area contributed by atoms with E-state index < -0.39 is 0 Å². The molecule has 0 aromatic carbocycles. The Morgan fingerprint density at radius 1 is 1.36 bits per heavy atom. The fourth-order valence-electron chi connectivity index (χ4n) is 1.23. The predicted octanol–water partition coefficient (Wildman–Crippen LogP) is 1.72. The van der Waals surface area contributed by atoms with Crippen molar-refractivity contribution in [2.45, 2.75) is 52.7 Å². The Balaban J connectivity index is 0.000000461. The zero-order chi connectivity index (χ0) is 8.69. The molecule has 0 aromatic rings. The largest absolute Gasteiger partial charge is 0.302 e. The highest BCUT2D eigenvalue weighted by atomic mass is 15.1. The summed E-state index contributed by atoms with van der Waals surface area (Å²) in [5.74, 6) is 0. The lowest BCUT2D eigenvalue weighted by molar-refractivity contribution is 0.439. The highest BCUT2D eigenvalue weighted by Crippen LogP contribution is 2.01. The molecule has 2 nitrogen and oxygen atoms in total. The van der Waals surface area contributed by atoms with Gasteiger partial charge in [0.25, 0.3) is 0 Å². The lowest BCUT2D eigenvalue weighted by Crippen LogP contribution is -2.41. The Bertz CT molecular complexity index is 75.6. The standard InChI is InChI=1S/C7H16N2.C2H6/c1-6(2)9-7-4-3-5-8-7;1-2/h6-9H,3-5H2,1-2H3;1-2H3. The number of hydrogen-bond donors (Lipinski definition) is 2. The molecule has 1 aliphatic rings. The Morgan fingerprint density at radius 2 is 2.00 bits per heavy atom. The van der Waals surface area contributed by atoms with Crippen LogP contribution < -0.4 is 10.6 Å². The van der Waals surface area contributed by atoms with Crippen LogP contribution in [0.1, 0.15) is 40.5 Å². The van der Waals surface area contributed by atoms with Crippen LogP contribution in [0.15, 0.2) is 0 Å². The maximum Gasteiger partial charge on any atom is 0.0574 e. The van der Waals surface area contributed by atoms with Gasteiger partial charge in [-0.25, -0.2) is 0 Å². The summed E-state index contributed by atoms with van der Waals surface area (Å²) in [6.45, 7) is 9.55. The molecular formula is C9H22N2. The summed E-state index contributed by atoms with van der Waals surface area (Å²) >= 11 is 0. The van der Waals surface area contributed by atoms with E-state index in [2.05, 4.69) is 24.5 Å². The summed E-state index contributed by atoms with van der Waals surface area (Å²) in [5, 5.41) is 6.81.